The van der Waals surface area contributed by atoms with Gasteiger partial charge < -0.3 is 9.42 Å². The third-order valence-electron chi connectivity index (χ3n) is 7.06. The van der Waals surface area contributed by atoms with E-state index in [4.69, 9.17) is 4.52 Å². The summed E-state index contributed by atoms with van der Waals surface area (Å²) in [6, 6.07) is 2.99. The lowest BCUT2D eigenvalue weighted by molar-refractivity contribution is 0.105. The van der Waals surface area contributed by atoms with Gasteiger partial charge in [-0.2, -0.15) is 14.8 Å². The van der Waals surface area contributed by atoms with Crippen LogP contribution in [0.2, 0.25) is 0 Å². The molecule has 0 spiro atoms. The molecule has 12 heteroatoms. The first-order valence-corrected chi connectivity index (χ1v) is 13.5. The Labute approximate surface area is 196 Å². The predicted octanol–water partition coefficient (Wildman–Crippen LogP) is 2.85. The molecule has 0 unspecified atom stereocenters. The van der Waals surface area contributed by atoms with Gasteiger partial charge in [-0.05, 0) is 62.5 Å². The van der Waals surface area contributed by atoms with E-state index >= 15 is 0 Å². The first-order chi connectivity index (χ1) is 16.3. The highest BCUT2D eigenvalue weighted by atomic mass is 32.2. The van der Waals surface area contributed by atoms with Gasteiger partial charge in [-0.25, -0.2) is 21.5 Å². The number of likely N-dealkylation sites (tertiary alicyclic amines) is 1. The van der Waals surface area contributed by atoms with Gasteiger partial charge >= 0.3 is 0 Å². The van der Waals surface area contributed by atoms with E-state index in [-0.39, 0.29) is 17.4 Å². The maximum atomic E-state index is 14.6. The first-order valence-electron chi connectivity index (χ1n) is 11.6. The molecule has 0 atom stereocenters. The van der Waals surface area contributed by atoms with Crippen LogP contribution in [-0.2, 0) is 16.4 Å². The lowest BCUT2D eigenvalue weighted by Crippen LogP contribution is -2.48. The first kappa shape index (κ1) is 23.3. The Morgan fingerprint density at radius 2 is 1.79 bits per heavy atom. The molecule has 2 aliphatic heterocycles. The third-order valence-corrected chi connectivity index (χ3v) is 8.36. The molecule has 1 aromatic carbocycles. The Balaban J connectivity index is 1.28. The number of halogens is 2. The van der Waals surface area contributed by atoms with Gasteiger partial charge in [0.15, 0.2) is 11.6 Å². The molecule has 3 aromatic rings. The minimum Gasteiger partial charge on any atom is -0.337 e. The Hall–Kier alpha value is -2.44. The number of sulfonamides is 1. The Kier molecular flexibility index (Phi) is 6.15. The van der Waals surface area contributed by atoms with Gasteiger partial charge in [0.2, 0.25) is 15.9 Å². The van der Waals surface area contributed by atoms with Crippen LogP contribution < -0.4 is 0 Å². The molecule has 0 radical (unpaired) electrons. The summed E-state index contributed by atoms with van der Waals surface area (Å²) in [6.45, 7) is 4.73. The number of aryl methyl sites for hydroxylation is 1. The summed E-state index contributed by atoms with van der Waals surface area (Å²) in [5.74, 6) is -1.29. The second-order valence-electron chi connectivity index (χ2n) is 9.11. The molecule has 2 aliphatic rings. The van der Waals surface area contributed by atoms with Crippen LogP contribution in [0.3, 0.4) is 0 Å². The molecule has 34 heavy (non-hydrogen) atoms. The number of fused-ring (bicyclic) bond motifs is 1. The van der Waals surface area contributed by atoms with E-state index in [9.17, 15) is 17.2 Å². The van der Waals surface area contributed by atoms with Crippen molar-refractivity contribution in [3.63, 3.8) is 0 Å². The van der Waals surface area contributed by atoms with Gasteiger partial charge in [-0.15, -0.1) is 0 Å². The lowest BCUT2D eigenvalue weighted by atomic mass is 9.93. The van der Waals surface area contributed by atoms with Crippen molar-refractivity contribution in [2.24, 2.45) is 0 Å². The predicted molar refractivity (Wildman–Crippen MR) is 121 cm³/mol. The van der Waals surface area contributed by atoms with Crippen LogP contribution in [0.5, 0.6) is 0 Å². The van der Waals surface area contributed by atoms with Gasteiger partial charge in [0.05, 0.1) is 11.9 Å². The van der Waals surface area contributed by atoms with Crippen molar-refractivity contribution >= 4 is 20.9 Å². The molecule has 9 nitrogen and oxygen atoms in total. The normalized spacial score (nSPS) is 19.9. The summed E-state index contributed by atoms with van der Waals surface area (Å²) in [6.07, 6.45) is 5.14. The molecule has 0 bridgehead atoms. The Morgan fingerprint density at radius 1 is 1.09 bits per heavy atom. The van der Waals surface area contributed by atoms with Crippen molar-refractivity contribution in [1.29, 1.82) is 0 Å². The Bertz CT molecular complexity index is 1290. The van der Waals surface area contributed by atoms with Crippen LogP contribution in [-0.4, -0.2) is 76.0 Å². The van der Waals surface area contributed by atoms with Gasteiger partial charge in [0.25, 0.3) is 5.95 Å². The maximum Gasteiger partial charge on any atom is 0.291 e. The summed E-state index contributed by atoms with van der Waals surface area (Å²) >= 11 is 0. The van der Waals surface area contributed by atoms with Crippen molar-refractivity contribution in [1.82, 2.24) is 29.1 Å². The maximum absolute atomic E-state index is 14.6. The number of hydrogen-bond donors (Lipinski definition) is 0. The highest BCUT2D eigenvalue weighted by molar-refractivity contribution is 7.88. The average molecular weight is 495 g/mol. The van der Waals surface area contributed by atoms with E-state index in [2.05, 4.69) is 20.1 Å². The van der Waals surface area contributed by atoms with Crippen molar-refractivity contribution in [2.75, 3.05) is 32.4 Å². The molecule has 0 saturated carbocycles. The zero-order valence-electron chi connectivity index (χ0n) is 19.2. The number of aromatic nitrogens is 4. The molecule has 2 saturated heterocycles. The van der Waals surface area contributed by atoms with E-state index < -0.39 is 21.7 Å². The molecular weight excluding hydrogens is 466 g/mol. The lowest BCUT2D eigenvalue weighted by Gasteiger charge is -2.40. The zero-order valence-corrected chi connectivity index (χ0v) is 20.1. The van der Waals surface area contributed by atoms with Crippen molar-refractivity contribution in [3.05, 3.63) is 35.4 Å². The number of rotatable bonds is 5. The van der Waals surface area contributed by atoms with Crippen LogP contribution in [0.4, 0.5) is 8.78 Å². The summed E-state index contributed by atoms with van der Waals surface area (Å²) in [5, 5.41) is 8.96. The largest absolute Gasteiger partial charge is 0.337 e. The molecule has 4 heterocycles. The minimum atomic E-state index is -3.13. The average Bonchev–Trinajstić information content (AvgIpc) is 3.46. The van der Waals surface area contributed by atoms with E-state index in [1.165, 1.54) is 17.0 Å². The van der Waals surface area contributed by atoms with E-state index in [0.29, 0.717) is 42.5 Å². The number of hydrogen-bond acceptors (Lipinski definition) is 7. The van der Waals surface area contributed by atoms with Gasteiger partial charge in [-0.3, -0.25) is 0 Å². The SMILES string of the molecule is CCc1nn(-c2noc(C3CCN(C4CCN(S(C)(=O)=O)CC4)CC3)n2)c2c(F)c(F)ccc12. The topological polar surface area (TPSA) is 97.4 Å². The fourth-order valence-corrected chi connectivity index (χ4v) is 6.01. The number of benzene rings is 1. The monoisotopic (exact) mass is 494 g/mol. The zero-order chi connectivity index (χ0) is 24.0. The standard InChI is InChI=1S/C22H28F2N6O3S/c1-3-18-16-4-5-17(23)19(24)20(16)30(26-18)22-25-21(33-27-22)14-6-10-28(11-7-14)15-8-12-29(13-9-15)34(2,31)32/h4-5,14-15H,3,6-13H2,1-2H3. The molecule has 2 aromatic heterocycles. The van der Waals surface area contributed by atoms with Crippen LogP contribution in [0.25, 0.3) is 16.9 Å². The molecule has 0 amide bonds. The Morgan fingerprint density at radius 3 is 2.44 bits per heavy atom. The van der Waals surface area contributed by atoms with E-state index in [0.717, 1.165) is 44.8 Å². The highest BCUT2D eigenvalue weighted by Crippen LogP contribution is 2.31. The quantitative estimate of drug-likeness (QED) is 0.538. The number of nitrogens with zero attached hydrogens (tertiary/aromatic N) is 6. The van der Waals surface area contributed by atoms with Crippen molar-refractivity contribution in [2.45, 2.75) is 51.0 Å². The smallest absolute Gasteiger partial charge is 0.291 e. The molecular formula is C22H28F2N6O3S. The molecule has 5 rings (SSSR count). The van der Waals surface area contributed by atoms with Crippen LogP contribution >= 0.6 is 0 Å². The summed E-state index contributed by atoms with van der Waals surface area (Å²) in [4.78, 5) is 6.91. The van der Waals surface area contributed by atoms with Crippen molar-refractivity contribution < 1.29 is 21.7 Å². The van der Waals surface area contributed by atoms with Crippen LogP contribution in [0, 0.1) is 11.6 Å². The number of piperidine rings is 2. The van der Waals surface area contributed by atoms with Gasteiger partial charge in [0, 0.05) is 30.4 Å². The third kappa shape index (κ3) is 4.22. The van der Waals surface area contributed by atoms with Crippen LogP contribution in [0.15, 0.2) is 16.7 Å². The van der Waals surface area contributed by atoms with Gasteiger partial charge in [-0.1, -0.05) is 6.92 Å². The fraction of sp³-hybridized carbons (Fsp3) is 0.591. The van der Waals surface area contributed by atoms with E-state index in [1.54, 1.807) is 4.31 Å². The second kappa shape index (κ2) is 8.97. The summed E-state index contributed by atoms with van der Waals surface area (Å²) in [5.41, 5.74) is 0.648. The molecule has 0 N–H and O–H groups in total. The minimum absolute atomic E-state index is 0.0134. The summed E-state index contributed by atoms with van der Waals surface area (Å²) in [7, 11) is -3.13. The van der Waals surface area contributed by atoms with Crippen molar-refractivity contribution in [3.8, 4) is 5.95 Å². The highest BCUT2D eigenvalue weighted by Gasteiger charge is 2.33. The fourth-order valence-electron chi connectivity index (χ4n) is 5.14. The molecule has 0 aliphatic carbocycles. The van der Waals surface area contributed by atoms with Gasteiger partial charge in [0.1, 0.15) is 5.52 Å². The molecule has 2 fully saturated rings. The second-order valence-corrected chi connectivity index (χ2v) is 11.1. The molecule has 184 valence electrons. The summed E-state index contributed by atoms with van der Waals surface area (Å²) < 4.78 is 60.3. The van der Waals surface area contributed by atoms with E-state index in [1.807, 2.05) is 6.92 Å². The van der Waals surface area contributed by atoms with Crippen LogP contribution in [0.1, 0.15) is 50.1 Å².